The van der Waals surface area contributed by atoms with Crippen LogP contribution in [0.4, 0.5) is 11.4 Å². The molecule has 0 aliphatic heterocycles. The summed E-state index contributed by atoms with van der Waals surface area (Å²) in [5.41, 5.74) is 2.78. The van der Waals surface area contributed by atoms with Gasteiger partial charge < -0.3 is 4.74 Å². The molecule has 2 rings (SSSR count). The molecule has 0 atom stereocenters. The number of non-ortho nitro benzene ring substituents is 2. The van der Waals surface area contributed by atoms with Crippen LogP contribution in [0.2, 0.25) is 0 Å². The van der Waals surface area contributed by atoms with Gasteiger partial charge in [-0.1, -0.05) is 12.7 Å². The molecule has 2 aromatic rings. The fraction of sp³-hybridized carbons (Fsp3) is 0.0588. The third-order valence-corrected chi connectivity index (χ3v) is 3.36. The standard InChI is InChI=1S/C17H14N4O7/c1-2-7-28-15-5-3-11(4-6-15)16(22)18-19-17(23)12-8-13(20(24)25)10-14(9-12)21(26)27/h2-6,8-10H,1,7H2,(H,18,22)(H,19,23). The maximum absolute atomic E-state index is 12.1. The van der Waals surface area contributed by atoms with E-state index in [-0.39, 0.29) is 11.1 Å². The minimum Gasteiger partial charge on any atom is -0.490 e. The highest BCUT2D eigenvalue weighted by atomic mass is 16.6. The number of nitro benzene ring substituents is 2. The lowest BCUT2D eigenvalue weighted by molar-refractivity contribution is -0.394. The molecule has 0 aliphatic carbocycles. The van der Waals surface area contributed by atoms with Crippen molar-refractivity contribution in [3.8, 4) is 5.75 Å². The van der Waals surface area contributed by atoms with E-state index in [1.165, 1.54) is 12.1 Å². The van der Waals surface area contributed by atoms with Crippen molar-refractivity contribution in [1.82, 2.24) is 10.9 Å². The second-order valence-corrected chi connectivity index (χ2v) is 5.28. The summed E-state index contributed by atoms with van der Waals surface area (Å²) in [7, 11) is 0. The monoisotopic (exact) mass is 386 g/mol. The maximum Gasteiger partial charge on any atom is 0.277 e. The summed E-state index contributed by atoms with van der Waals surface area (Å²) in [5.74, 6) is -1.10. The number of hydrogen-bond acceptors (Lipinski definition) is 7. The quantitative estimate of drug-likeness (QED) is 0.420. The van der Waals surface area contributed by atoms with Gasteiger partial charge in [-0.25, -0.2) is 0 Å². The van der Waals surface area contributed by atoms with Crippen LogP contribution in [0.1, 0.15) is 20.7 Å². The molecule has 144 valence electrons. The molecule has 11 nitrogen and oxygen atoms in total. The Hall–Kier alpha value is -4.28. The lowest BCUT2D eigenvalue weighted by Gasteiger charge is -2.08. The molecule has 0 unspecified atom stereocenters. The fourth-order valence-corrected chi connectivity index (χ4v) is 2.05. The number of nitrogens with zero attached hydrogens (tertiary/aromatic N) is 2. The van der Waals surface area contributed by atoms with Gasteiger partial charge in [0, 0.05) is 17.7 Å². The number of hydrogen-bond donors (Lipinski definition) is 2. The molecule has 0 heterocycles. The molecule has 2 amide bonds. The van der Waals surface area contributed by atoms with Crippen molar-refractivity contribution < 1.29 is 24.2 Å². The SMILES string of the molecule is C=CCOc1ccc(C(=O)NNC(=O)c2cc([N+](=O)[O-])cc([N+](=O)[O-])c2)cc1. The molecule has 0 saturated heterocycles. The Morgan fingerprint density at radius 2 is 1.43 bits per heavy atom. The number of hydrazine groups is 1. The van der Waals surface area contributed by atoms with Crippen LogP contribution in [0, 0.1) is 20.2 Å². The summed E-state index contributed by atoms with van der Waals surface area (Å²) in [6, 6.07) is 8.45. The molecule has 0 saturated carbocycles. The van der Waals surface area contributed by atoms with E-state index in [2.05, 4.69) is 17.4 Å². The van der Waals surface area contributed by atoms with Crippen molar-refractivity contribution >= 4 is 23.2 Å². The fourth-order valence-electron chi connectivity index (χ4n) is 2.05. The number of carbonyl (C=O) groups is 2. The molecule has 0 fully saturated rings. The second-order valence-electron chi connectivity index (χ2n) is 5.28. The predicted molar refractivity (Wildman–Crippen MR) is 96.8 cm³/mol. The van der Waals surface area contributed by atoms with Crippen LogP contribution in [0.15, 0.2) is 55.1 Å². The van der Waals surface area contributed by atoms with E-state index in [4.69, 9.17) is 4.74 Å². The Morgan fingerprint density at radius 3 is 1.89 bits per heavy atom. The number of ether oxygens (including phenoxy) is 1. The molecule has 0 aromatic heterocycles. The molecule has 0 aliphatic rings. The first-order valence-electron chi connectivity index (χ1n) is 7.70. The summed E-state index contributed by atoms with van der Waals surface area (Å²) < 4.78 is 5.28. The lowest BCUT2D eigenvalue weighted by atomic mass is 10.1. The van der Waals surface area contributed by atoms with E-state index in [1.54, 1.807) is 18.2 Å². The topological polar surface area (TPSA) is 154 Å². The highest BCUT2D eigenvalue weighted by Crippen LogP contribution is 2.22. The Kier molecular flexibility index (Phi) is 6.36. The van der Waals surface area contributed by atoms with Crippen LogP contribution in [-0.2, 0) is 0 Å². The van der Waals surface area contributed by atoms with Gasteiger partial charge in [0.1, 0.15) is 12.4 Å². The van der Waals surface area contributed by atoms with E-state index < -0.39 is 33.0 Å². The molecule has 11 heteroatoms. The first kappa shape index (κ1) is 20.0. The zero-order chi connectivity index (χ0) is 20.7. The van der Waals surface area contributed by atoms with E-state index in [0.717, 1.165) is 18.2 Å². The van der Waals surface area contributed by atoms with Gasteiger partial charge in [0.15, 0.2) is 0 Å². The Bertz CT molecular complexity index is 909. The third-order valence-electron chi connectivity index (χ3n) is 3.36. The minimum absolute atomic E-state index is 0.205. The largest absolute Gasteiger partial charge is 0.490 e. The first-order chi connectivity index (χ1) is 13.3. The zero-order valence-corrected chi connectivity index (χ0v) is 14.3. The molecule has 2 aromatic carbocycles. The highest BCUT2D eigenvalue weighted by molar-refractivity contribution is 5.99. The highest BCUT2D eigenvalue weighted by Gasteiger charge is 2.20. The molecular formula is C17H14N4O7. The van der Waals surface area contributed by atoms with Crippen molar-refractivity contribution in [3.05, 3.63) is 86.5 Å². The molecule has 0 bridgehead atoms. The molecule has 0 spiro atoms. The lowest BCUT2D eigenvalue weighted by Crippen LogP contribution is -2.41. The van der Waals surface area contributed by atoms with E-state index in [9.17, 15) is 29.8 Å². The summed E-state index contributed by atoms with van der Waals surface area (Å²) in [4.78, 5) is 44.2. The van der Waals surface area contributed by atoms with Gasteiger partial charge in [-0.05, 0) is 24.3 Å². The van der Waals surface area contributed by atoms with E-state index >= 15 is 0 Å². The van der Waals surface area contributed by atoms with Crippen molar-refractivity contribution in [1.29, 1.82) is 0 Å². The van der Waals surface area contributed by atoms with Gasteiger partial charge in [0.05, 0.1) is 21.5 Å². The third kappa shape index (κ3) is 5.11. The number of nitrogens with one attached hydrogen (secondary N) is 2. The van der Waals surface area contributed by atoms with Gasteiger partial charge >= 0.3 is 0 Å². The van der Waals surface area contributed by atoms with Crippen molar-refractivity contribution in [2.75, 3.05) is 6.61 Å². The predicted octanol–water partition coefficient (Wildman–Crippen LogP) is 2.14. The van der Waals surface area contributed by atoms with Crippen LogP contribution in [0.25, 0.3) is 0 Å². The van der Waals surface area contributed by atoms with E-state index in [1.807, 2.05) is 0 Å². The Labute approximate surface area is 157 Å². The van der Waals surface area contributed by atoms with Crippen LogP contribution >= 0.6 is 0 Å². The molecule has 2 N–H and O–H groups in total. The summed E-state index contributed by atoms with van der Waals surface area (Å²) in [5, 5.41) is 21.7. The van der Waals surface area contributed by atoms with Crippen LogP contribution in [0.5, 0.6) is 5.75 Å². The van der Waals surface area contributed by atoms with Gasteiger partial charge in [-0.15, -0.1) is 0 Å². The zero-order valence-electron chi connectivity index (χ0n) is 14.3. The van der Waals surface area contributed by atoms with E-state index in [0.29, 0.717) is 12.4 Å². The number of nitro groups is 2. The normalized spacial score (nSPS) is 9.86. The maximum atomic E-state index is 12.1. The average molecular weight is 386 g/mol. The smallest absolute Gasteiger partial charge is 0.277 e. The summed E-state index contributed by atoms with van der Waals surface area (Å²) >= 11 is 0. The first-order valence-corrected chi connectivity index (χ1v) is 7.70. The molecule has 28 heavy (non-hydrogen) atoms. The number of carbonyl (C=O) groups excluding carboxylic acids is 2. The van der Waals surface area contributed by atoms with Crippen molar-refractivity contribution in [2.45, 2.75) is 0 Å². The van der Waals surface area contributed by atoms with Crippen LogP contribution in [-0.4, -0.2) is 28.3 Å². The van der Waals surface area contributed by atoms with Crippen LogP contribution in [0.3, 0.4) is 0 Å². The van der Waals surface area contributed by atoms with Gasteiger partial charge in [-0.3, -0.25) is 40.7 Å². The Morgan fingerprint density at radius 1 is 0.929 bits per heavy atom. The summed E-state index contributed by atoms with van der Waals surface area (Å²) in [6.45, 7) is 3.82. The molecule has 0 radical (unpaired) electrons. The average Bonchev–Trinajstić information content (AvgIpc) is 2.70. The number of rotatable bonds is 7. The van der Waals surface area contributed by atoms with Crippen molar-refractivity contribution in [2.24, 2.45) is 0 Å². The van der Waals surface area contributed by atoms with Crippen molar-refractivity contribution in [3.63, 3.8) is 0 Å². The van der Waals surface area contributed by atoms with Gasteiger partial charge in [0.25, 0.3) is 23.2 Å². The Balaban J connectivity index is 2.07. The summed E-state index contributed by atoms with van der Waals surface area (Å²) in [6.07, 6.45) is 1.56. The van der Waals surface area contributed by atoms with Crippen LogP contribution < -0.4 is 15.6 Å². The molecular weight excluding hydrogens is 372 g/mol. The second kappa shape index (κ2) is 8.89. The minimum atomic E-state index is -0.953. The van der Waals surface area contributed by atoms with Gasteiger partial charge in [-0.2, -0.15) is 0 Å². The number of benzene rings is 2. The number of amides is 2. The van der Waals surface area contributed by atoms with Gasteiger partial charge in [0.2, 0.25) is 0 Å².